The molecule has 2 bridgehead atoms. The number of aliphatic hydroxyl groups excluding tert-OH is 2. The summed E-state index contributed by atoms with van der Waals surface area (Å²) < 4.78 is 11.1. The highest BCUT2D eigenvalue weighted by Crippen LogP contribution is 2.36. The number of carbonyl (C=O) groups excluding carboxylic acids is 1. The lowest BCUT2D eigenvalue weighted by Crippen LogP contribution is -2.63. The molecule has 0 aromatic rings. The Balaban J connectivity index is 1.82. The standard InChI is InChI=1S/C12H18N2O5/c1-5-3-13-10(17)6(5)14-7-8(15)9(16)12(2)4-18-11(7)19-12/h7-9,11,14-16H,3-4H2,1-2H3,(H,13,17)/t7-,8-,9-,11+,12+/m1/s1. The summed E-state index contributed by atoms with van der Waals surface area (Å²) in [4.78, 5) is 11.7. The summed E-state index contributed by atoms with van der Waals surface area (Å²) in [6.07, 6.45) is -2.79. The van der Waals surface area contributed by atoms with E-state index in [1.807, 2.05) is 6.92 Å². The highest BCUT2D eigenvalue weighted by atomic mass is 16.7. The Bertz CT molecular complexity index is 451. The minimum atomic E-state index is -1.06. The van der Waals surface area contributed by atoms with Crippen molar-refractivity contribution in [1.29, 1.82) is 0 Å². The number of fused-ring (bicyclic) bond motifs is 2. The Hall–Kier alpha value is -1.15. The molecule has 4 N–H and O–H groups in total. The Morgan fingerprint density at radius 2 is 2.21 bits per heavy atom. The lowest BCUT2D eigenvalue weighted by molar-refractivity contribution is -0.217. The van der Waals surface area contributed by atoms with E-state index >= 15 is 0 Å². The first-order valence-corrected chi connectivity index (χ1v) is 6.32. The molecular weight excluding hydrogens is 252 g/mol. The number of nitrogens with one attached hydrogen (secondary N) is 2. The molecule has 0 saturated carbocycles. The number of carbonyl (C=O) groups is 1. The van der Waals surface area contributed by atoms with Crippen LogP contribution in [0.15, 0.2) is 11.3 Å². The van der Waals surface area contributed by atoms with E-state index in [9.17, 15) is 15.0 Å². The zero-order valence-electron chi connectivity index (χ0n) is 10.8. The van der Waals surface area contributed by atoms with Gasteiger partial charge >= 0.3 is 0 Å². The van der Waals surface area contributed by atoms with Crippen LogP contribution in [0.1, 0.15) is 13.8 Å². The van der Waals surface area contributed by atoms with Gasteiger partial charge in [0.1, 0.15) is 29.5 Å². The second-order valence-electron chi connectivity index (χ2n) is 5.55. The number of aliphatic hydroxyl groups is 2. The van der Waals surface area contributed by atoms with Gasteiger partial charge in [0, 0.05) is 6.54 Å². The van der Waals surface area contributed by atoms with Crippen LogP contribution in [-0.2, 0) is 14.3 Å². The van der Waals surface area contributed by atoms with Crippen molar-refractivity contribution in [1.82, 2.24) is 10.6 Å². The van der Waals surface area contributed by atoms with Gasteiger partial charge in [-0.25, -0.2) is 0 Å². The largest absolute Gasteiger partial charge is 0.388 e. The lowest BCUT2D eigenvalue weighted by atomic mass is 9.89. The molecule has 3 rings (SSSR count). The van der Waals surface area contributed by atoms with Crippen molar-refractivity contribution in [3.63, 3.8) is 0 Å². The predicted molar refractivity (Wildman–Crippen MR) is 63.9 cm³/mol. The lowest BCUT2D eigenvalue weighted by Gasteiger charge is -2.41. The molecule has 2 fully saturated rings. The first kappa shape index (κ1) is 12.9. The zero-order chi connectivity index (χ0) is 13.8. The average Bonchev–Trinajstić information content (AvgIpc) is 2.88. The molecule has 3 heterocycles. The van der Waals surface area contributed by atoms with Crippen molar-refractivity contribution >= 4 is 5.91 Å². The van der Waals surface area contributed by atoms with E-state index in [-0.39, 0.29) is 12.5 Å². The molecule has 1 amide bonds. The fraction of sp³-hybridized carbons (Fsp3) is 0.750. The third kappa shape index (κ3) is 1.85. The smallest absolute Gasteiger partial charge is 0.267 e. The molecule has 0 unspecified atom stereocenters. The van der Waals surface area contributed by atoms with Crippen LogP contribution in [0, 0.1) is 0 Å². The first-order chi connectivity index (χ1) is 8.92. The first-order valence-electron chi connectivity index (χ1n) is 6.32. The molecule has 7 heteroatoms. The quantitative estimate of drug-likeness (QED) is 0.473. The van der Waals surface area contributed by atoms with Crippen molar-refractivity contribution in [2.24, 2.45) is 0 Å². The third-order valence-electron chi connectivity index (χ3n) is 4.01. The van der Waals surface area contributed by atoms with Gasteiger partial charge < -0.3 is 30.3 Å². The minimum Gasteiger partial charge on any atom is -0.388 e. The van der Waals surface area contributed by atoms with Gasteiger partial charge in [0.25, 0.3) is 5.91 Å². The van der Waals surface area contributed by atoms with Gasteiger partial charge in [-0.05, 0) is 19.4 Å². The van der Waals surface area contributed by atoms with E-state index < -0.39 is 30.1 Å². The summed E-state index contributed by atoms with van der Waals surface area (Å²) in [6, 6.07) is -0.667. The van der Waals surface area contributed by atoms with Crippen LogP contribution in [0.3, 0.4) is 0 Å². The summed E-state index contributed by atoms with van der Waals surface area (Å²) in [5.41, 5.74) is 0.390. The van der Waals surface area contributed by atoms with Gasteiger partial charge in [-0.15, -0.1) is 0 Å². The normalized spacial score (nSPS) is 45.6. The van der Waals surface area contributed by atoms with E-state index in [4.69, 9.17) is 9.47 Å². The number of hydrogen-bond acceptors (Lipinski definition) is 6. The molecule has 3 aliphatic heterocycles. The van der Waals surface area contributed by atoms with E-state index in [0.717, 1.165) is 5.57 Å². The van der Waals surface area contributed by atoms with Gasteiger partial charge in [-0.1, -0.05) is 0 Å². The summed E-state index contributed by atoms with van der Waals surface area (Å²) in [5.74, 6) is -0.217. The topological polar surface area (TPSA) is 100 Å². The highest BCUT2D eigenvalue weighted by Gasteiger charge is 2.57. The molecule has 0 aromatic heterocycles. The maximum absolute atomic E-state index is 11.7. The molecule has 7 nitrogen and oxygen atoms in total. The number of rotatable bonds is 2. The Kier molecular flexibility index (Phi) is 2.82. The maximum Gasteiger partial charge on any atom is 0.267 e. The van der Waals surface area contributed by atoms with E-state index in [2.05, 4.69) is 10.6 Å². The molecule has 0 radical (unpaired) electrons. The summed E-state index contributed by atoms with van der Waals surface area (Å²) in [5, 5.41) is 25.9. The Morgan fingerprint density at radius 1 is 1.47 bits per heavy atom. The Labute approximate surface area is 110 Å². The van der Waals surface area contributed by atoms with Gasteiger partial charge in [0.2, 0.25) is 0 Å². The Morgan fingerprint density at radius 3 is 2.84 bits per heavy atom. The molecule has 2 saturated heterocycles. The summed E-state index contributed by atoms with van der Waals surface area (Å²) in [7, 11) is 0. The van der Waals surface area contributed by atoms with Crippen molar-refractivity contribution in [3.8, 4) is 0 Å². The number of ether oxygens (including phenoxy) is 2. The van der Waals surface area contributed by atoms with Crippen LogP contribution >= 0.6 is 0 Å². The SMILES string of the molecule is CC1=C(N[C@H]2[C@H]3OC[C@](C)(O3)[C@H](O)[C@@H]2O)C(=O)NC1. The van der Waals surface area contributed by atoms with Crippen LogP contribution in [0.2, 0.25) is 0 Å². The van der Waals surface area contributed by atoms with Crippen molar-refractivity contribution in [3.05, 3.63) is 11.3 Å². The maximum atomic E-state index is 11.7. The van der Waals surface area contributed by atoms with Crippen LogP contribution in [0.4, 0.5) is 0 Å². The molecule has 0 aliphatic carbocycles. The molecule has 106 valence electrons. The third-order valence-corrected chi connectivity index (χ3v) is 4.01. The number of hydrogen-bond donors (Lipinski definition) is 4. The fourth-order valence-electron chi connectivity index (χ4n) is 2.72. The monoisotopic (exact) mass is 270 g/mol. The van der Waals surface area contributed by atoms with Crippen molar-refractivity contribution in [2.75, 3.05) is 13.2 Å². The molecule has 19 heavy (non-hydrogen) atoms. The fourth-order valence-corrected chi connectivity index (χ4v) is 2.72. The molecule has 0 spiro atoms. The van der Waals surface area contributed by atoms with E-state index in [1.54, 1.807) is 6.92 Å². The highest BCUT2D eigenvalue weighted by molar-refractivity contribution is 5.96. The minimum absolute atomic E-state index is 0.217. The molecule has 3 aliphatic rings. The van der Waals surface area contributed by atoms with Gasteiger partial charge in [0.15, 0.2) is 6.29 Å². The summed E-state index contributed by atoms with van der Waals surface area (Å²) in [6.45, 7) is 4.23. The van der Waals surface area contributed by atoms with Crippen molar-refractivity contribution in [2.45, 2.75) is 44.0 Å². The van der Waals surface area contributed by atoms with Gasteiger partial charge in [-0.2, -0.15) is 0 Å². The van der Waals surface area contributed by atoms with Crippen LogP contribution < -0.4 is 10.6 Å². The van der Waals surface area contributed by atoms with Crippen LogP contribution in [0.25, 0.3) is 0 Å². The predicted octanol–water partition coefficient (Wildman–Crippen LogP) is -1.78. The van der Waals surface area contributed by atoms with Crippen molar-refractivity contribution < 1.29 is 24.5 Å². The average molecular weight is 270 g/mol. The van der Waals surface area contributed by atoms with Crippen LogP contribution in [-0.4, -0.2) is 59.4 Å². The summed E-state index contributed by atoms with van der Waals surface area (Å²) >= 11 is 0. The van der Waals surface area contributed by atoms with Gasteiger partial charge in [-0.3, -0.25) is 4.79 Å². The number of amides is 1. The van der Waals surface area contributed by atoms with Gasteiger partial charge in [0.05, 0.1) is 6.61 Å². The second kappa shape index (κ2) is 4.17. The zero-order valence-corrected chi connectivity index (χ0v) is 10.8. The molecular formula is C12H18N2O5. The molecule has 0 aromatic carbocycles. The van der Waals surface area contributed by atoms with Crippen LogP contribution in [0.5, 0.6) is 0 Å². The second-order valence-corrected chi connectivity index (χ2v) is 5.55. The van der Waals surface area contributed by atoms with E-state index in [1.165, 1.54) is 0 Å². The molecule has 5 atom stereocenters. The van der Waals surface area contributed by atoms with E-state index in [0.29, 0.717) is 12.2 Å².